The topological polar surface area (TPSA) is 75.7 Å². The van der Waals surface area contributed by atoms with E-state index in [0.717, 1.165) is 18.4 Å². The van der Waals surface area contributed by atoms with Crippen LogP contribution in [0.5, 0.6) is 0 Å². The Hall–Kier alpha value is -2.70. The van der Waals surface area contributed by atoms with Crippen LogP contribution < -0.4 is 5.32 Å². The van der Waals surface area contributed by atoms with E-state index in [4.69, 9.17) is 16.3 Å². The van der Waals surface area contributed by atoms with Crippen molar-refractivity contribution < 1.29 is 19.1 Å². The highest BCUT2D eigenvalue weighted by Gasteiger charge is 2.38. The Bertz CT molecular complexity index is 1000. The van der Waals surface area contributed by atoms with Crippen LogP contribution in [0.1, 0.15) is 56.4 Å². The number of nitrogens with one attached hydrogen (secondary N) is 1. The summed E-state index contributed by atoms with van der Waals surface area (Å²) in [6.07, 6.45) is 2.29. The minimum atomic E-state index is -0.368. The van der Waals surface area contributed by atoms with E-state index in [-0.39, 0.29) is 42.0 Å². The molecular weight excluding hydrogens is 404 g/mol. The lowest BCUT2D eigenvalue weighted by Crippen LogP contribution is -2.36. The van der Waals surface area contributed by atoms with Gasteiger partial charge in [-0.1, -0.05) is 23.7 Å². The Labute approximate surface area is 180 Å². The van der Waals surface area contributed by atoms with Crippen LogP contribution >= 0.6 is 11.6 Å². The summed E-state index contributed by atoms with van der Waals surface area (Å²) in [5.74, 6) is -0.982. The maximum Gasteiger partial charge on any atom is 0.261 e. The van der Waals surface area contributed by atoms with Gasteiger partial charge in [0.05, 0.1) is 23.8 Å². The van der Waals surface area contributed by atoms with Crippen molar-refractivity contribution in [3.63, 3.8) is 0 Å². The Morgan fingerprint density at radius 3 is 2.73 bits per heavy atom. The van der Waals surface area contributed by atoms with Gasteiger partial charge in [-0.15, -0.1) is 0 Å². The normalized spacial score (nSPS) is 19.1. The molecule has 2 heterocycles. The number of halogens is 1. The molecule has 6 nitrogen and oxygen atoms in total. The smallest absolute Gasteiger partial charge is 0.261 e. The third-order valence-corrected chi connectivity index (χ3v) is 5.69. The van der Waals surface area contributed by atoms with Crippen molar-refractivity contribution in [1.82, 2.24) is 10.2 Å². The summed E-state index contributed by atoms with van der Waals surface area (Å²) >= 11 is 6.02. The zero-order valence-corrected chi connectivity index (χ0v) is 17.4. The van der Waals surface area contributed by atoms with E-state index < -0.39 is 0 Å². The molecule has 2 aromatic carbocycles. The SMILES string of the molecule is CC(Cc1cccc(Cl)c1)NC(=O)c1ccc2c(c1)C(=O)N(CC1CCCO1)C2=O. The molecule has 30 heavy (non-hydrogen) atoms. The highest BCUT2D eigenvalue weighted by Crippen LogP contribution is 2.26. The van der Waals surface area contributed by atoms with E-state index >= 15 is 0 Å². The Kier molecular flexibility index (Phi) is 5.88. The highest BCUT2D eigenvalue weighted by molar-refractivity contribution is 6.30. The zero-order chi connectivity index (χ0) is 21.3. The number of rotatable bonds is 6. The van der Waals surface area contributed by atoms with Crippen molar-refractivity contribution in [2.24, 2.45) is 0 Å². The molecule has 7 heteroatoms. The third-order valence-electron chi connectivity index (χ3n) is 5.45. The molecule has 0 bridgehead atoms. The van der Waals surface area contributed by atoms with Gasteiger partial charge in [0.25, 0.3) is 17.7 Å². The summed E-state index contributed by atoms with van der Waals surface area (Å²) < 4.78 is 5.55. The molecular formula is C23H23ClN2O4. The second-order valence-corrected chi connectivity index (χ2v) is 8.26. The summed E-state index contributed by atoms with van der Waals surface area (Å²) in [6, 6.07) is 12.0. The number of imide groups is 1. The van der Waals surface area contributed by atoms with Gasteiger partial charge in [-0.2, -0.15) is 0 Å². The van der Waals surface area contributed by atoms with Gasteiger partial charge in [0.1, 0.15) is 0 Å². The van der Waals surface area contributed by atoms with Crippen LogP contribution in [-0.4, -0.2) is 47.9 Å². The first-order chi connectivity index (χ1) is 14.4. The molecule has 156 valence electrons. The van der Waals surface area contributed by atoms with Gasteiger partial charge in [0.15, 0.2) is 0 Å². The van der Waals surface area contributed by atoms with Crippen LogP contribution in [0, 0.1) is 0 Å². The lowest BCUT2D eigenvalue weighted by Gasteiger charge is -2.17. The minimum absolute atomic E-state index is 0.109. The van der Waals surface area contributed by atoms with E-state index in [9.17, 15) is 14.4 Å². The second-order valence-electron chi connectivity index (χ2n) is 7.82. The molecule has 1 saturated heterocycles. The number of benzene rings is 2. The van der Waals surface area contributed by atoms with Crippen LogP contribution in [-0.2, 0) is 11.2 Å². The molecule has 4 rings (SSSR count). The molecule has 1 fully saturated rings. The number of hydrogen-bond acceptors (Lipinski definition) is 4. The predicted molar refractivity (Wildman–Crippen MR) is 113 cm³/mol. The number of nitrogens with zero attached hydrogens (tertiary/aromatic N) is 1. The van der Waals surface area contributed by atoms with Crippen LogP contribution in [0.4, 0.5) is 0 Å². The van der Waals surface area contributed by atoms with E-state index in [1.54, 1.807) is 18.2 Å². The van der Waals surface area contributed by atoms with Crippen molar-refractivity contribution >= 4 is 29.3 Å². The molecule has 2 atom stereocenters. The molecule has 3 amide bonds. The van der Waals surface area contributed by atoms with Crippen molar-refractivity contribution in [3.8, 4) is 0 Å². The van der Waals surface area contributed by atoms with Gasteiger partial charge < -0.3 is 10.1 Å². The molecule has 0 aromatic heterocycles. The summed E-state index contributed by atoms with van der Waals surface area (Å²) in [4.78, 5) is 39.3. The first-order valence-corrected chi connectivity index (χ1v) is 10.5. The predicted octanol–water partition coefficient (Wildman–Crippen LogP) is 3.48. The minimum Gasteiger partial charge on any atom is -0.376 e. The average Bonchev–Trinajstić information content (AvgIpc) is 3.31. The van der Waals surface area contributed by atoms with Gasteiger partial charge >= 0.3 is 0 Å². The monoisotopic (exact) mass is 426 g/mol. The zero-order valence-electron chi connectivity index (χ0n) is 16.7. The molecule has 2 aliphatic heterocycles. The Morgan fingerprint density at radius 1 is 1.20 bits per heavy atom. The van der Waals surface area contributed by atoms with Crippen molar-refractivity contribution in [1.29, 1.82) is 0 Å². The Morgan fingerprint density at radius 2 is 2.00 bits per heavy atom. The fourth-order valence-electron chi connectivity index (χ4n) is 3.97. The lowest BCUT2D eigenvalue weighted by molar-refractivity contribution is 0.0475. The fraction of sp³-hybridized carbons (Fsp3) is 0.348. The summed E-state index contributed by atoms with van der Waals surface area (Å²) in [6.45, 7) is 2.82. The number of carbonyl (C=O) groups excluding carboxylic acids is 3. The summed E-state index contributed by atoms with van der Waals surface area (Å²) in [7, 11) is 0. The molecule has 2 aliphatic rings. The second kappa shape index (κ2) is 8.58. The van der Waals surface area contributed by atoms with Crippen molar-refractivity contribution in [3.05, 3.63) is 69.7 Å². The van der Waals surface area contributed by atoms with E-state index in [1.807, 2.05) is 25.1 Å². The first-order valence-electron chi connectivity index (χ1n) is 10.1. The largest absolute Gasteiger partial charge is 0.376 e. The van der Waals surface area contributed by atoms with E-state index in [2.05, 4.69) is 5.32 Å². The van der Waals surface area contributed by atoms with E-state index in [1.165, 1.54) is 11.0 Å². The van der Waals surface area contributed by atoms with Crippen LogP contribution in [0.15, 0.2) is 42.5 Å². The molecule has 0 radical (unpaired) electrons. The summed E-state index contributed by atoms with van der Waals surface area (Å²) in [5, 5.41) is 3.59. The maximum atomic E-state index is 12.8. The third kappa shape index (κ3) is 4.25. The van der Waals surface area contributed by atoms with Gasteiger partial charge in [-0.3, -0.25) is 19.3 Å². The van der Waals surface area contributed by atoms with Crippen LogP contribution in [0.3, 0.4) is 0 Å². The molecule has 0 aliphatic carbocycles. The van der Waals surface area contributed by atoms with E-state index in [0.29, 0.717) is 29.2 Å². The fourth-order valence-corrected chi connectivity index (χ4v) is 4.18. The molecule has 0 spiro atoms. The van der Waals surface area contributed by atoms with Gasteiger partial charge in [0, 0.05) is 23.2 Å². The molecule has 1 N–H and O–H groups in total. The van der Waals surface area contributed by atoms with Crippen molar-refractivity contribution in [2.75, 3.05) is 13.2 Å². The van der Waals surface area contributed by atoms with Gasteiger partial charge in [-0.25, -0.2) is 0 Å². The lowest BCUT2D eigenvalue weighted by atomic mass is 10.0. The molecule has 0 saturated carbocycles. The highest BCUT2D eigenvalue weighted by atomic mass is 35.5. The maximum absolute atomic E-state index is 12.8. The quantitative estimate of drug-likeness (QED) is 0.717. The van der Waals surface area contributed by atoms with Crippen molar-refractivity contribution in [2.45, 2.75) is 38.3 Å². The first kappa shape index (κ1) is 20.6. The Balaban J connectivity index is 1.44. The number of ether oxygens (including phenoxy) is 1. The van der Waals surface area contributed by atoms with Gasteiger partial charge in [0.2, 0.25) is 0 Å². The van der Waals surface area contributed by atoms with Gasteiger partial charge in [-0.05, 0) is 62.1 Å². The van der Waals surface area contributed by atoms with Crippen LogP contribution in [0.25, 0.3) is 0 Å². The average molecular weight is 427 g/mol. The summed E-state index contributed by atoms with van der Waals surface area (Å²) in [5.41, 5.74) is 1.98. The number of fused-ring (bicyclic) bond motifs is 1. The molecule has 2 aromatic rings. The standard InChI is InChI=1S/C23H23ClN2O4/c1-14(10-15-4-2-5-17(24)11-15)25-21(27)16-7-8-19-20(12-16)23(29)26(22(19)28)13-18-6-3-9-30-18/h2,4-5,7-8,11-12,14,18H,3,6,9-10,13H2,1H3,(H,25,27). The van der Waals surface area contributed by atoms with Crippen LogP contribution in [0.2, 0.25) is 5.02 Å². The molecule has 2 unspecified atom stereocenters. The number of hydrogen-bond donors (Lipinski definition) is 1. The number of carbonyl (C=O) groups is 3. The number of amides is 3.